The van der Waals surface area contributed by atoms with Crippen molar-refractivity contribution in [3.8, 4) is 23.4 Å². The number of carbonyl (C=O) groups excluding carboxylic acids is 3. The van der Waals surface area contributed by atoms with Crippen molar-refractivity contribution < 1.29 is 38.1 Å². The summed E-state index contributed by atoms with van der Waals surface area (Å²) in [7, 11) is 0. The Labute approximate surface area is 280 Å². The van der Waals surface area contributed by atoms with Crippen molar-refractivity contribution >= 4 is 35.2 Å². The summed E-state index contributed by atoms with van der Waals surface area (Å²) in [5.41, 5.74) is 4.51. The van der Waals surface area contributed by atoms with E-state index in [1.54, 1.807) is 100 Å². The van der Waals surface area contributed by atoms with Crippen molar-refractivity contribution in [1.82, 2.24) is 9.55 Å². The van der Waals surface area contributed by atoms with Gasteiger partial charge in [-0.25, -0.2) is 14.4 Å². The van der Waals surface area contributed by atoms with Crippen LogP contribution < -0.4 is 20.1 Å². The lowest BCUT2D eigenvalue weighted by Crippen LogP contribution is -2.45. The number of hydrogen-bond donors (Lipinski definition) is 1. The van der Waals surface area contributed by atoms with Crippen LogP contribution in [0.1, 0.15) is 91.8 Å². The number of benzene rings is 1. The highest BCUT2D eigenvalue weighted by atomic mass is 16.7. The van der Waals surface area contributed by atoms with Crippen molar-refractivity contribution in [2.45, 2.75) is 111 Å². The summed E-state index contributed by atoms with van der Waals surface area (Å²) in [5, 5.41) is 10.9. The second-order valence-electron chi connectivity index (χ2n) is 15.0. The SMILES string of the molecule is Cc1ccc(OC(=O)OC(C)(C)C)c(C)c1-n1c(N(C(=O)OC(C)(C)C)C(=O)OC(C)(C)C)c(C#N)c2ccc(OCC3(N)CC3)nc21. The molecule has 0 saturated heterocycles. The summed E-state index contributed by atoms with van der Waals surface area (Å²) in [6, 6.07) is 8.68. The smallest absolute Gasteiger partial charge is 0.476 e. The molecule has 0 radical (unpaired) electrons. The fourth-order valence-electron chi connectivity index (χ4n) is 4.76. The van der Waals surface area contributed by atoms with Crippen LogP contribution in [0, 0.1) is 25.2 Å². The van der Waals surface area contributed by atoms with Crippen LogP contribution >= 0.6 is 0 Å². The highest BCUT2D eigenvalue weighted by molar-refractivity contribution is 6.12. The van der Waals surface area contributed by atoms with Crippen molar-refractivity contribution in [3.05, 3.63) is 41.0 Å². The summed E-state index contributed by atoms with van der Waals surface area (Å²) in [4.78, 5) is 46.1. The maximum Gasteiger partial charge on any atom is 0.514 e. The first kappa shape index (κ1) is 36.0. The molecule has 0 bridgehead atoms. The summed E-state index contributed by atoms with van der Waals surface area (Å²) in [6.07, 6.45) is -1.45. The zero-order valence-corrected chi connectivity index (χ0v) is 29.6. The van der Waals surface area contributed by atoms with Crippen molar-refractivity contribution in [3.63, 3.8) is 0 Å². The Hall–Kier alpha value is -4.83. The quantitative estimate of drug-likeness (QED) is 0.159. The van der Waals surface area contributed by atoms with Crippen molar-refractivity contribution in [2.24, 2.45) is 5.73 Å². The molecule has 2 N–H and O–H groups in total. The molecule has 0 atom stereocenters. The number of amides is 2. The normalized spacial score (nSPS) is 14.1. The molecule has 0 spiro atoms. The number of imide groups is 1. The van der Waals surface area contributed by atoms with Crippen LogP contribution in [0.4, 0.5) is 20.2 Å². The molecule has 13 heteroatoms. The van der Waals surface area contributed by atoms with Gasteiger partial charge in [-0.15, -0.1) is 0 Å². The minimum Gasteiger partial charge on any atom is -0.476 e. The number of anilines is 1. The Morgan fingerprint density at radius 2 is 1.48 bits per heavy atom. The van der Waals surface area contributed by atoms with E-state index in [1.807, 2.05) is 0 Å². The van der Waals surface area contributed by atoms with E-state index in [2.05, 4.69) is 6.07 Å². The van der Waals surface area contributed by atoms with Crippen LogP contribution in [-0.2, 0) is 14.2 Å². The third-order valence-electron chi connectivity index (χ3n) is 7.03. The molecular weight excluding hydrogens is 618 g/mol. The maximum atomic E-state index is 14.0. The van der Waals surface area contributed by atoms with Crippen LogP contribution in [0.2, 0.25) is 0 Å². The molecular formula is C35H45N5O8. The topological polar surface area (TPSA) is 168 Å². The van der Waals surface area contributed by atoms with Crippen molar-refractivity contribution in [1.29, 1.82) is 5.26 Å². The molecule has 1 aliphatic carbocycles. The van der Waals surface area contributed by atoms with Gasteiger partial charge in [0.2, 0.25) is 5.88 Å². The Kier molecular flexibility index (Phi) is 9.49. The molecule has 0 unspecified atom stereocenters. The van der Waals surface area contributed by atoms with Gasteiger partial charge in [-0.3, -0.25) is 4.57 Å². The van der Waals surface area contributed by atoms with E-state index in [0.29, 0.717) is 27.1 Å². The van der Waals surface area contributed by atoms with Gasteiger partial charge in [0.25, 0.3) is 0 Å². The number of aromatic nitrogens is 2. The first-order valence-electron chi connectivity index (χ1n) is 15.7. The summed E-state index contributed by atoms with van der Waals surface area (Å²) >= 11 is 0. The monoisotopic (exact) mass is 663 g/mol. The van der Waals surface area contributed by atoms with E-state index >= 15 is 0 Å². The molecule has 1 aliphatic rings. The second-order valence-corrected chi connectivity index (χ2v) is 15.0. The van der Waals surface area contributed by atoms with E-state index < -0.39 is 40.7 Å². The Balaban J connectivity index is 2.06. The van der Waals surface area contributed by atoms with E-state index in [1.165, 1.54) is 4.57 Å². The zero-order valence-electron chi connectivity index (χ0n) is 29.6. The number of carbonyl (C=O) groups is 3. The average molecular weight is 664 g/mol. The first-order chi connectivity index (χ1) is 22.0. The number of hydrogen-bond acceptors (Lipinski definition) is 11. The Morgan fingerprint density at radius 3 is 1.98 bits per heavy atom. The third kappa shape index (κ3) is 8.36. The number of fused-ring (bicyclic) bond motifs is 1. The Bertz CT molecular complexity index is 1770. The maximum absolute atomic E-state index is 14.0. The number of nitrogens with two attached hydrogens (primary N) is 1. The van der Waals surface area contributed by atoms with E-state index in [0.717, 1.165) is 12.8 Å². The molecule has 258 valence electrons. The van der Waals surface area contributed by atoms with Crippen LogP contribution in [0.15, 0.2) is 24.3 Å². The van der Waals surface area contributed by atoms with Gasteiger partial charge in [-0.05, 0) is 107 Å². The molecule has 2 amide bonds. The predicted molar refractivity (Wildman–Crippen MR) is 179 cm³/mol. The number of aryl methyl sites for hydroxylation is 1. The summed E-state index contributed by atoms with van der Waals surface area (Å²) < 4.78 is 29.8. The molecule has 2 heterocycles. The predicted octanol–water partition coefficient (Wildman–Crippen LogP) is 7.37. The van der Waals surface area contributed by atoms with Gasteiger partial charge in [-0.1, -0.05) is 6.07 Å². The lowest BCUT2D eigenvalue weighted by atomic mass is 10.1. The minimum absolute atomic E-state index is 0.0597. The zero-order chi connectivity index (χ0) is 36.0. The van der Waals surface area contributed by atoms with E-state index in [-0.39, 0.29) is 35.3 Å². The van der Waals surface area contributed by atoms with Gasteiger partial charge in [0, 0.05) is 17.0 Å². The molecule has 1 aromatic carbocycles. The van der Waals surface area contributed by atoms with Gasteiger partial charge in [0.15, 0.2) is 11.5 Å². The number of pyridine rings is 1. The van der Waals surface area contributed by atoms with Gasteiger partial charge in [-0.2, -0.15) is 15.1 Å². The van der Waals surface area contributed by atoms with E-state index in [9.17, 15) is 19.6 Å². The number of ether oxygens (including phenoxy) is 5. The van der Waals surface area contributed by atoms with Gasteiger partial charge in [0.05, 0.1) is 11.2 Å². The standard InChI is InChI=1S/C35H45N5O8/c1-20-12-14-24(45-31(43)48-34(9,10)11)21(2)26(20)39-27-22(13-15-25(38-27)44-19-35(37)16-17-35)23(18-36)28(39)40(29(41)46-32(3,4)5)30(42)47-33(6,7)8/h12-15H,16-17,19,37H2,1-11H3. The highest BCUT2D eigenvalue weighted by Crippen LogP contribution is 2.41. The highest BCUT2D eigenvalue weighted by Gasteiger charge is 2.41. The number of rotatable bonds is 6. The fraction of sp³-hybridized carbons (Fsp3) is 0.514. The molecule has 1 saturated carbocycles. The van der Waals surface area contributed by atoms with Crippen molar-refractivity contribution in [2.75, 3.05) is 11.5 Å². The molecule has 0 aliphatic heterocycles. The van der Waals surface area contributed by atoms with Gasteiger partial charge in [0.1, 0.15) is 40.8 Å². The van der Waals surface area contributed by atoms with Crippen LogP contribution in [0.5, 0.6) is 11.6 Å². The van der Waals surface area contributed by atoms with E-state index in [4.69, 9.17) is 34.4 Å². The fourth-order valence-corrected chi connectivity index (χ4v) is 4.76. The largest absolute Gasteiger partial charge is 0.514 e. The van der Waals surface area contributed by atoms with Gasteiger partial charge >= 0.3 is 18.3 Å². The van der Waals surface area contributed by atoms with Crippen LogP contribution in [0.25, 0.3) is 16.7 Å². The number of nitrogens with zero attached hydrogens (tertiary/aromatic N) is 4. The molecule has 1 fully saturated rings. The second kappa shape index (κ2) is 12.6. The lowest BCUT2D eigenvalue weighted by Gasteiger charge is -2.29. The molecule has 3 aromatic rings. The molecule has 2 aromatic heterocycles. The lowest BCUT2D eigenvalue weighted by molar-refractivity contribution is 0.0203. The first-order valence-corrected chi connectivity index (χ1v) is 15.7. The molecule has 13 nitrogen and oxygen atoms in total. The Morgan fingerprint density at radius 1 is 0.917 bits per heavy atom. The summed E-state index contributed by atoms with van der Waals surface area (Å²) in [6.45, 7) is 18.8. The third-order valence-corrected chi connectivity index (χ3v) is 7.03. The average Bonchev–Trinajstić information content (AvgIpc) is 3.58. The molecule has 4 rings (SSSR count). The van der Waals surface area contributed by atoms with Crippen LogP contribution in [-0.4, -0.2) is 56.8 Å². The minimum atomic E-state index is -1.08. The van der Waals surface area contributed by atoms with Gasteiger partial charge < -0.3 is 29.4 Å². The van der Waals surface area contributed by atoms with Crippen LogP contribution in [0.3, 0.4) is 0 Å². The number of nitriles is 1. The molecule has 48 heavy (non-hydrogen) atoms. The summed E-state index contributed by atoms with van der Waals surface area (Å²) in [5.74, 6) is 0.175.